The van der Waals surface area contributed by atoms with Gasteiger partial charge in [-0.15, -0.1) is 11.8 Å². The van der Waals surface area contributed by atoms with E-state index in [-0.39, 0.29) is 17.9 Å². The van der Waals surface area contributed by atoms with Crippen LogP contribution in [0.3, 0.4) is 0 Å². The zero-order valence-electron chi connectivity index (χ0n) is 13.0. The van der Waals surface area contributed by atoms with Gasteiger partial charge in [0.25, 0.3) is 0 Å². The molecular formula is C15H18FN5OS. The Labute approximate surface area is 138 Å². The maximum absolute atomic E-state index is 13.9. The standard InChI is InChI=1S/C15H18FN5OS/c1-20(8-13-17-9-18-21(13)2)15(22)19-12-6-7-23-14-10(12)4-3-5-11(14)16/h3-5,9,12H,6-8H2,1-2H3,(H,19,22)/t12-/m1/s1. The molecule has 0 saturated heterocycles. The minimum atomic E-state index is -0.223. The topological polar surface area (TPSA) is 63.1 Å². The van der Waals surface area contributed by atoms with Crippen molar-refractivity contribution < 1.29 is 9.18 Å². The van der Waals surface area contributed by atoms with Crippen LogP contribution in [-0.2, 0) is 13.6 Å². The average Bonchev–Trinajstić information content (AvgIpc) is 2.93. The molecule has 2 amide bonds. The van der Waals surface area contributed by atoms with Crippen LogP contribution in [0.2, 0.25) is 0 Å². The van der Waals surface area contributed by atoms with Crippen LogP contribution in [0.25, 0.3) is 0 Å². The fourth-order valence-electron chi connectivity index (χ4n) is 2.54. The van der Waals surface area contributed by atoms with E-state index in [1.54, 1.807) is 29.7 Å². The zero-order valence-corrected chi connectivity index (χ0v) is 13.8. The van der Waals surface area contributed by atoms with Crippen molar-refractivity contribution in [1.29, 1.82) is 0 Å². The van der Waals surface area contributed by atoms with Gasteiger partial charge in [-0.1, -0.05) is 12.1 Å². The quantitative estimate of drug-likeness (QED) is 0.935. The van der Waals surface area contributed by atoms with Crippen LogP contribution in [0.4, 0.5) is 9.18 Å². The highest BCUT2D eigenvalue weighted by Crippen LogP contribution is 2.37. The Balaban J connectivity index is 1.69. The van der Waals surface area contributed by atoms with E-state index in [0.29, 0.717) is 17.3 Å². The van der Waals surface area contributed by atoms with Gasteiger partial charge in [-0.3, -0.25) is 4.68 Å². The lowest BCUT2D eigenvalue weighted by Crippen LogP contribution is -2.40. The lowest BCUT2D eigenvalue weighted by Gasteiger charge is -2.28. The van der Waals surface area contributed by atoms with Gasteiger partial charge in [-0.25, -0.2) is 14.2 Å². The fraction of sp³-hybridized carbons (Fsp3) is 0.400. The molecule has 2 aromatic rings. The number of aryl methyl sites for hydroxylation is 1. The average molecular weight is 335 g/mol. The molecule has 1 aliphatic heterocycles. The van der Waals surface area contributed by atoms with Crippen molar-refractivity contribution >= 4 is 17.8 Å². The van der Waals surface area contributed by atoms with Crippen molar-refractivity contribution in [2.24, 2.45) is 7.05 Å². The number of nitrogens with one attached hydrogen (secondary N) is 1. The molecule has 0 unspecified atom stereocenters. The second-order valence-corrected chi connectivity index (χ2v) is 6.56. The fourth-order valence-corrected chi connectivity index (χ4v) is 3.68. The molecule has 1 aliphatic rings. The summed E-state index contributed by atoms with van der Waals surface area (Å²) in [6.45, 7) is 0.361. The SMILES string of the molecule is CN(Cc1ncnn1C)C(=O)N[C@@H]1CCSc2c(F)cccc21. The molecule has 0 saturated carbocycles. The van der Waals surface area contributed by atoms with Crippen molar-refractivity contribution in [3.05, 3.63) is 41.7 Å². The van der Waals surface area contributed by atoms with E-state index in [2.05, 4.69) is 15.4 Å². The molecule has 1 atom stereocenters. The van der Waals surface area contributed by atoms with E-state index < -0.39 is 0 Å². The summed E-state index contributed by atoms with van der Waals surface area (Å²) in [5.41, 5.74) is 0.849. The number of amides is 2. The van der Waals surface area contributed by atoms with Crippen LogP contribution in [-0.4, -0.2) is 38.5 Å². The van der Waals surface area contributed by atoms with Gasteiger partial charge in [0.15, 0.2) is 0 Å². The Morgan fingerprint density at radius 2 is 2.39 bits per heavy atom. The molecule has 2 heterocycles. The second kappa shape index (κ2) is 6.57. The van der Waals surface area contributed by atoms with Gasteiger partial charge in [0.1, 0.15) is 18.0 Å². The number of fused-ring (bicyclic) bond motifs is 1. The van der Waals surface area contributed by atoms with Gasteiger partial charge in [-0.05, 0) is 18.1 Å². The van der Waals surface area contributed by atoms with E-state index in [1.807, 2.05) is 6.07 Å². The third kappa shape index (κ3) is 3.31. The van der Waals surface area contributed by atoms with Gasteiger partial charge >= 0.3 is 6.03 Å². The first-order chi connectivity index (χ1) is 11.1. The molecule has 0 aliphatic carbocycles. The van der Waals surface area contributed by atoms with Gasteiger partial charge in [0.2, 0.25) is 0 Å². The van der Waals surface area contributed by atoms with Crippen molar-refractivity contribution in [3.8, 4) is 0 Å². The number of urea groups is 1. The monoisotopic (exact) mass is 335 g/mol. The van der Waals surface area contributed by atoms with E-state index >= 15 is 0 Å². The first-order valence-corrected chi connectivity index (χ1v) is 8.30. The first-order valence-electron chi connectivity index (χ1n) is 7.32. The molecule has 8 heteroatoms. The Morgan fingerprint density at radius 3 is 3.13 bits per heavy atom. The van der Waals surface area contributed by atoms with E-state index in [9.17, 15) is 9.18 Å². The summed E-state index contributed by atoms with van der Waals surface area (Å²) in [6.07, 6.45) is 2.24. The minimum Gasteiger partial charge on any atom is -0.331 e. The molecule has 3 rings (SSSR count). The number of hydrogen-bond donors (Lipinski definition) is 1. The Hall–Kier alpha value is -2.09. The van der Waals surface area contributed by atoms with Gasteiger partial charge in [0, 0.05) is 24.7 Å². The number of aromatic nitrogens is 3. The van der Waals surface area contributed by atoms with Crippen molar-refractivity contribution in [2.45, 2.75) is 23.9 Å². The molecule has 0 spiro atoms. The highest BCUT2D eigenvalue weighted by molar-refractivity contribution is 7.99. The van der Waals surface area contributed by atoms with Crippen LogP contribution in [0.5, 0.6) is 0 Å². The molecule has 0 bridgehead atoms. The molecule has 23 heavy (non-hydrogen) atoms. The smallest absolute Gasteiger partial charge is 0.318 e. The normalized spacial score (nSPS) is 16.7. The summed E-state index contributed by atoms with van der Waals surface area (Å²) in [5, 5.41) is 6.97. The van der Waals surface area contributed by atoms with Gasteiger partial charge in [0.05, 0.1) is 12.6 Å². The molecule has 1 aromatic heterocycles. The summed E-state index contributed by atoms with van der Waals surface area (Å²) < 4.78 is 15.5. The van der Waals surface area contributed by atoms with E-state index in [4.69, 9.17) is 0 Å². The van der Waals surface area contributed by atoms with Crippen molar-refractivity contribution in [1.82, 2.24) is 25.0 Å². The molecule has 6 nitrogen and oxygen atoms in total. The molecule has 122 valence electrons. The van der Waals surface area contributed by atoms with Crippen molar-refractivity contribution in [3.63, 3.8) is 0 Å². The zero-order chi connectivity index (χ0) is 16.4. The van der Waals surface area contributed by atoms with Crippen molar-refractivity contribution in [2.75, 3.05) is 12.8 Å². The maximum atomic E-state index is 13.9. The summed E-state index contributed by atoms with van der Waals surface area (Å²) >= 11 is 1.50. The number of carbonyl (C=O) groups is 1. The van der Waals surface area contributed by atoms with E-state index in [0.717, 1.165) is 17.7 Å². The van der Waals surface area contributed by atoms with Crippen LogP contribution in [0.1, 0.15) is 23.9 Å². The molecule has 1 aromatic carbocycles. The van der Waals surface area contributed by atoms with Crippen LogP contribution in [0, 0.1) is 5.82 Å². The molecular weight excluding hydrogens is 317 g/mol. The lowest BCUT2D eigenvalue weighted by molar-refractivity contribution is 0.200. The van der Waals surface area contributed by atoms with Gasteiger partial charge in [-0.2, -0.15) is 5.10 Å². The molecule has 1 N–H and O–H groups in total. The van der Waals surface area contributed by atoms with Crippen LogP contribution >= 0.6 is 11.8 Å². The highest BCUT2D eigenvalue weighted by atomic mass is 32.2. The summed E-state index contributed by atoms with van der Waals surface area (Å²) in [7, 11) is 3.49. The van der Waals surface area contributed by atoms with E-state index in [1.165, 1.54) is 24.2 Å². The number of nitrogens with zero attached hydrogens (tertiary/aromatic N) is 4. The molecule has 0 fully saturated rings. The first kappa shape index (κ1) is 15.8. The maximum Gasteiger partial charge on any atom is 0.318 e. The number of rotatable bonds is 3. The Morgan fingerprint density at radius 1 is 1.57 bits per heavy atom. The Kier molecular flexibility index (Phi) is 4.51. The summed E-state index contributed by atoms with van der Waals surface area (Å²) in [4.78, 5) is 18.7. The number of thioether (sulfide) groups is 1. The molecule has 0 radical (unpaired) electrons. The number of benzene rings is 1. The largest absolute Gasteiger partial charge is 0.331 e. The van der Waals surface area contributed by atoms with Gasteiger partial charge < -0.3 is 10.2 Å². The highest BCUT2D eigenvalue weighted by Gasteiger charge is 2.25. The number of carbonyl (C=O) groups excluding carboxylic acids is 1. The number of hydrogen-bond acceptors (Lipinski definition) is 4. The van der Waals surface area contributed by atoms with Crippen LogP contribution < -0.4 is 5.32 Å². The summed E-state index contributed by atoms with van der Waals surface area (Å²) in [5.74, 6) is 1.26. The lowest BCUT2D eigenvalue weighted by atomic mass is 10.0. The second-order valence-electron chi connectivity index (χ2n) is 5.45. The van der Waals surface area contributed by atoms with Crippen LogP contribution in [0.15, 0.2) is 29.4 Å². The number of halogens is 1. The Bertz CT molecular complexity index is 720. The minimum absolute atomic E-state index is 0.170. The third-order valence-electron chi connectivity index (χ3n) is 3.85. The third-order valence-corrected chi connectivity index (χ3v) is 5.01. The summed E-state index contributed by atoms with van der Waals surface area (Å²) in [6, 6.07) is 4.63. The predicted molar refractivity (Wildman–Crippen MR) is 85.5 cm³/mol. The predicted octanol–water partition coefficient (Wildman–Crippen LogP) is 2.33.